The molecule has 1 fully saturated rings. The summed E-state index contributed by atoms with van der Waals surface area (Å²) in [6.45, 7) is 13.4. The second-order valence-electron chi connectivity index (χ2n) is 8.09. The van der Waals surface area contributed by atoms with Gasteiger partial charge in [-0.05, 0) is 51.3 Å². The summed E-state index contributed by atoms with van der Waals surface area (Å²) >= 11 is 0. The number of rotatable bonds is 7. The van der Waals surface area contributed by atoms with Gasteiger partial charge in [0.05, 0.1) is 0 Å². The molecule has 1 heterocycles. The molecule has 0 aliphatic carbocycles. The van der Waals surface area contributed by atoms with E-state index in [9.17, 15) is 9.59 Å². The van der Waals surface area contributed by atoms with Crippen LogP contribution < -0.4 is 10.2 Å². The third kappa shape index (κ3) is 5.02. The van der Waals surface area contributed by atoms with E-state index in [1.54, 1.807) is 13.8 Å². The minimum atomic E-state index is -1.02. The molecule has 0 bridgehead atoms. The number of piperazine rings is 1. The van der Waals surface area contributed by atoms with Crippen LogP contribution in [-0.4, -0.2) is 49.4 Å². The number of nitrogens with zero attached hydrogens (tertiary/aromatic N) is 2. The van der Waals surface area contributed by atoms with Gasteiger partial charge in [-0.15, -0.1) is 0 Å². The standard InChI is InChI=1S/C22H35N3O2/c1-6-7-8-12-23-20(26)22(4,5)21(27)25-15-13-24(14-16-25)19-11-9-10-17(2)18(19)3/h9-11H,6-8,12-16H2,1-5H3,(H,23,26). The van der Waals surface area contributed by atoms with Crippen LogP contribution in [0.5, 0.6) is 0 Å². The molecule has 0 atom stereocenters. The Morgan fingerprint density at radius 2 is 1.74 bits per heavy atom. The van der Waals surface area contributed by atoms with Gasteiger partial charge in [-0.3, -0.25) is 9.59 Å². The summed E-state index contributed by atoms with van der Waals surface area (Å²) < 4.78 is 0. The topological polar surface area (TPSA) is 52.7 Å². The van der Waals surface area contributed by atoms with E-state index in [1.165, 1.54) is 16.8 Å². The van der Waals surface area contributed by atoms with Crippen molar-refractivity contribution in [1.29, 1.82) is 0 Å². The first-order valence-electron chi connectivity index (χ1n) is 10.2. The number of aryl methyl sites for hydroxylation is 1. The summed E-state index contributed by atoms with van der Waals surface area (Å²) in [4.78, 5) is 29.6. The summed E-state index contributed by atoms with van der Waals surface area (Å²) in [5, 5.41) is 2.93. The number of benzene rings is 1. The number of nitrogens with one attached hydrogen (secondary N) is 1. The van der Waals surface area contributed by atoms with Gasteiger partial charge in [0.1, 0.15) is 5.41 Å². The highest BCUT2D eigenvalue weighted by Gasteiger charge is 2.39. The van der Waals surface area contributed by atoms with Gasteiger partial charge in [-0.25, -0.2) is 0 Å². The summed E-state index contributed by atoms with van der Waals surface area (Å²) in [5.74, 6) is -0.239. The molecule has 2 rings (SSSR count). The predicted octanol–water partition coefficient (Wildman–Crippen LogP) is 3.28. The zero-order valence-corrected chi connectivity index (χ0v) is 17.6. The molecule has 0 radical (unpaired) electrons. The average Bonchev–Trinajstić information content (AvgIpc) is 2.66. The van der Waals surface area contributed by atoms with Crippen molar-refractivity contribution in [2.75, 3.05) is 37.6 Å². The maximum atomic E-state index is 13.0. The molecule has 0 aromatic heterocycles. The van der Waals surface area contributed by atoms with Crippen LogP contribution in [0.15, 0.2) is 18.2 Å². The molecule has 0 spiro atoms. The molecule has 150 valence electrons. The van der Waals surface area contributed by atoms with Crippen LogP contribution in [0.1, 0.15) is 51.2 Å². The molecular weight excluding hydrogens is 338 g/mol. The van der Waals surface area contributed by atoms with Gasteiger partial charge in [0.25, 0.3) is 0 Å². The zero-order chi connectivity index (χ0) is 20.0. The fourth-order valence-electron chi connectivity index (χ4n) is 3.52. The number of anilines is 1. The van der Waals surface area contributed by atoms with Gasteiger partial charge in [0, 0.05) is 38.4 Å². The molecular formula is C22H35N3O2. The van der Waals surface area contributed by atoms with Crippen molar-refractivity contribution in [3.8, 4) is 0 Å². The van der Waals surface area contributed by atoms with E-state index in [0.717, 1.165) is 32.4 Å². The largest absolute Gasteiger partial charge is 0.368 e. The minimum Gasteiger partial charge on any atom is -0.368 e. The molecule has 5 nitrogen and oxygen atoms in total. The van der Waals surface area contributed by atoms with Crippen LogP contribution in [-0.2, 0) is 9.59 Å². The van der Waals surface area contributed by atoms with E-state index >= 15 is 0 Å². The molecule has 1 aliphatic rings. The predicted molar refractivity (Wildman–Crippen MR) is 111 cm³/mol. The Bertz CT molecular complexity index is 662. The lowest BCUT2D eigenvalue weighted by Crippen LogP contribution is -2.55. The highest BCUT2D eigenvalue weighted by atomic mass is 16.2. The van der Waals surface area contributed by atoms with Crippen LogP contribution in [0.2, 0.25) is 0 Å². The molecule has 1 saturated heterocycles. The number of amides is 2. The van der Waals surface area contributed by atoms with E-state index in [0.29, 0.717) is 19.6 Å². The molecule has 5 heteroatoms. The van der Waals surface area contributed by atoms with Gasteiger partial charge in [0.15, 0.2) is 0 Å². The van der Waals surface area contributed by atoms with Crippen LogP contribution in [0.25, 0.3) is 0 Å². The number of hydrogen-bond donors (Lipinski definition) is 1. The van der Waals surface area contributed by atoms with Crippen LogP contribution in [0.3, 0.4) is 0 Å². The Labute approximate surface area is 164 Å². The molecule has 1 N–H and O–H groups in total. The van der Waals surface area contributed by atoms with E-state index < -0.39 is 5.41 Å². The minimum absolute atomic E-state index is 0.0731. The molecule has 0 saturated carbocycles. The van der Waals surface area contributed by atoms with Gasteiger partial charge < -0.3 is 15.1 Å². The maximum absolute atomic E-state index is 13.0. The first kappa shape index (κ1) is 21.3. The number of unbranched alkanes of at least 4 members (excludes halogenated alkanes) is 2. The fourth-order valence-corrected chi connectivity index (χ4v) is 3.52. The summed E-state index contributed by atoms with van der Waals surface area (Å²) in [6, 6.07) is 6.36. The number of hydrogen-bond acceptors (Lipinski definition) is 3. The number of carbonyl (C=O) groups excluding carboxylic acids is 2. The Balaban J connectivity index is 1.93. The highest BCUT2D eigenvalue weighted by Crippen LogP contribution is 2.26. The van der Waals surface area contributed by atoms with Gasteiger partial charge in [-0.1, -0.05) is 31.9 Å². The Kier molecular flexibility index (Phi) is 7.28. The Hall–Kier alpha value is -2.04. The van der Waals surface area contributed by atoms with Crippen LogP contribution in [0.4, 0.5) is 5.69 Å². The van der Waals surface area contributed by atoms with Gasteiger partial charge in [0.2, 0.25) is 11.8 Å². The summed E-state index contributed by atoms with van der Waals surface area (Å²) in [6.07, 6.45) is 3.17. The number of carbonyl (C=O) groups is 2. The second-order valence-corrected chi connectivity index (χ2v) is 8.09. The lowest BCUT2D eigenvalue weighted by molar-refractivity contribution is -0.148. The third-order valence-corrected chi connectivity index (χ3v) is 5.65. The summed E-state index contributed by atoms with van der Waals surface area (Å²) in [5.41, 5.74) is 2.80. The lowest BCUT2D eigenvalue weighted by Gasteiger charge is -2.39. The second kappa shape index (κ2) is 9.25. The van der Waals surface area contributed by atoms with Crippen molar-refractivity contribution in [3.63, 3.8) is 0 Å². The fraction of sp³-hybridized carbons (Fsp3) is 0.636. The van der Waals surface area contributed by atoms with Crippen molar-refractivity contribution in [2.45, 2.75) is 53.9 Å². The van der Waals surface area contributed by atoms with Crippen molar-refractivity contribution in [2.24, 2.45) is 5.41 Å². The molecule has 0 unspecified atom stereocenters. The van der Waals surface area contributed by atoms with Crippen molar-refractivity contribution in [1.82, 2.24) is 10.2 Å². The van der Waals surface area contributed by atoms with Crippen molar-refractivity contribution >= 4 is 17.5 Å². The van der Waals surface area contributed by atoms with E-state index in [-0.39, 0.29) is 11.8 Å². The maximum Gasteiger partial charge on any atom is 0.237 e. The van der Waals surface area contributed by atoms with Gasteiger partial charge in [-0.2, -0.15) is 0 Å². The normalized spacial score (nSPS) is 15.0. The van der Waals surface area contributed by atoms with E-state index in [4.69, 9.17) is 0 Å². The lowest BCUT2D eigenvalue weighted by atomic mass is 9.90. The summed E-state index contributed by atoms with van der Waals surface area (Å²) in [7, 11) is 0. The van der Waals surface area contributed by atoms with Crippen LogP contribution in [0, 0.1) is 19.3 Å². The van der Waals surface area contributed by atoms with Gasteiger partial charge >= 0.3 is 0 Å². The first-order valence-corrected chi connectivity index (χ1v) is 10.2. The molecule has 1 aliphatic heterocycles. The molecule has 1 aromatic carbocycles. The molecule has 27 heavy (non-hydrogen) atoms. The SMILES string of the molecule is CCCCCNC(=O)C(C)(C)C(=O)N1CCN(c2cccc(C)c2C)CC1. The smallest absolute Gasteiger partial charge is 0.237 e. The Morgan fingerprint density at radius 1 is 1.07 bits per heavy atom. The average molecular weight is 374 g/mol. The highest BCUT2D eigenvalue weighted by molar-refractivity contribution is 6.04. The van der Waals surface area contributed by atoms with E-state index in [1.807, 2.05) is 4.90 Å². The van der Waals surface area contributed by atoms with E-state index in [2.05, 4.69) is 49.2 Å². The Morgan fingerprint density at radius 3 is 2.37 bits per heavy atom. The molecule has 1 aromatic rings. The quantitative estimate of drug-likeness (QED) is 0.589. The van der Waals surface area contributed by atoms with Crippen molar-refractivity contribution in [3.05, 3.63) is 29.3 Å². The zero-order valence-electron chi connectivity index (χ0n) is 17.6. The van der Waals surface area contributed by atoms with Crippen molar-refractivity contribution < 1.29 is 9.59 Å². The third-order valence-electron chi connectivity index (χ3n) is 5.65. The van der Waals surface area contributed by atoms with Crippen LogP contribution >= 0.6 is 0 Å². The molecule has 2 amide bonds. The monoisotopic (exact) mass is 373 g/mol. The first-order chi connectivity index (χ1) is 12.8.